The van der Waals surface area contributed by atoms with E-state index in [0.29, 0.717) is 13.1 Å². The first kappa shape index (κ1) is 21.9. The normalized spacial score (nSPS) is 11.8. The van der Waals surface area contributed by atoms with Crippen LogP contribution in [0.3, 0.4) is 0 Å². The summed E-state index contributed by atoms with van der Waals surface area (Å²) in [4.78, 5) is 31.9. The molecule has 0 radical (unpaired) electrons. The number of carbonyl (C=O) groups excluding carboxylic acids is 2. The van der Waals surface area contributed by atoms with Crippen LogP contribution in [0.15, 0.2) is 10.3 Å². The zero-order chi connectivity index (χ0) is 18.2. The van der Waals surface area contributed by atoms with Crippen molar-refractivity contribution in [1.29, 1.82) is 0 Å². The molecule has 0 rings (SSSR count). The molecule has 0 aliphatic rings. The fourth-order valence-corrected chi connectivity index (χ4v) is 1.42. The summed E-state index contributed by atoms with van der Waals surface area (Å²) in [7, 11) is 0. The minimum Gasteiger partial charge on any atom is -0.320 e. The van der Waals surface area contributed by atoms with Gasteiger partial charge in [0.2, 0.25) is 0 Å². The van der Waals surface area contributed by atoms with Gasteiger partial charge < -0.3 is 10.6 Å². The minimum atomic E-state index is -0.532. The van der Waals surface area contributed by atoms with Gasteiger partial charge in [-0.05, 0) is 39.5 Å². The van der Waals surface area contributed by atoms with E-state index in [2.05, 4.69) is 30.6 Å². The summed E-state index contributed by atoms with van der Waals surface area (Å²) in [6.45, 7) is 8.56. The van der Waals surface area contributed by atoms with Gasteiger partial charge in [-0.3, -0.25) is 9.68 Å². The third-order valence-electron chi connectivity index (χ3n) is 3.23. The largest absolute Gasteiger partial charge is 0.433 e. The maximum absolute atomic E-state index is 11.3. The molecule has 2 N–H and O–H groups in total. The van der Waals surface area contributed by atoms with Crippen molar-refractivity contribution >= 4 is 23.6 Å². The van der Waals surface area contributed by atoms with Crippen molar-refractivity contribution in [3.63, 3.8) is 0 Å². The second kappa shape index (κ2) is 14.5. The first-order valence-corrected chi connectivity index (χ1v) is 8.46. The summed E-state index contributed by atoms with van der Waals surface area (Å²) < 4.78 is 0. The summed E-state index contributed by atoms with van der Waals surface area (Å²) in [5.41, 5.74) is 1.54. The average Bonchev–Trinajstić information content (AvgIpc) is 2.59. The van der Waals surface area contributed by atoms with Crippen LogP contribution in [0.4, 0.5) is 9.59 Å². The molecule has 2 amide bonds. The third-order valence-corrected chi connectivity index (χ3v) is 3.23. The summed E-state index contributed by atoms with van der Waals surface area (Å²) in [6.07, 6.45) is 4.01. The number of amides is 2. The molecule has 0 saturated carbocycles. The zero-order valence-electron chi connectivity index (χ0n) is 15.2. The lowest BCUT2D eigenvalue weighted by Crippen LogP contribution is -2.25. The fraction of sp³-hybridized carbons (Fsp3) is 0.750. The van der Waals surface area contributed by atoms with Gasteiger partial charge in [0.1, 0.15) is 0 Å². The zero-order valence-corrected chi connectivity index (χ0v) is 15.2. The quantitative estimate of drug-likeness (QED) is 0.259. The summed E-state index contributed by atoms with van der Waals surface area (Å²) in [6, 6.07) is 0. The average molecular weight is 342 g/mol. The van der Waals surface area contributed by atoms with Crippen LogP contribution in [0.2, 0.25) is 0 Å². The molecule has 0 fully saturated rings. The van der Waals surface area contributed by atoms with Crippen molar-refractivity contribution in [2.24, 2.45) is 10.3 Å². The highest BCUT2D eigenvalue weighted by atomic mass is 16.7. The fourth-order valence-electron chi connectivity index (χ4n) is 1.42. The van der Waals surface area contributed by atoms with Crippen LogP contribution in [0, 0.1) is 0 Å². The van der Waals surface area contributed by atoms with Gasteiger partial charge in [-0.2, -0.15) is 0 Å². The Morgan fingerprint density at radius 2 is 1.12 bits per heavy atom. The highest BCUT2D eigenvalue weighted by Gasteiger charge is 2.02. The summed E-state index contributed by atoms with van der Waals surface area (Å²) >= 11 is 0. The van der Waals surface area contributed by atoms with E-state index in [1.165, 1.54) is 0 Å². The van der Waals surface area contributed by atoms with Gasteiger partial charge in [0, 0.05) is 13.1 Å². The molecule has 0 bridgehead atoms. The molecule has 0 unspecified atom stereocenters. The van der Waals surface area contributed by atoms with Crippen LogP contribution in [0.5, 0.6) is 0 Å². The highest BCUT2D eigenvalue weighted by Crippen LogP contribution is 1.98. The third kappa shape index (κ3) is 13.5. The van der Waals surface area contributed by atoms with Crippen LogP contribution in [0.25, 0.3) is 0 Å². The van der Waals surface area contributed by atoms with E-state index in [4.69, 9.17) is 0 Å². The molecule has 0 atom stereocenters. The molecule has 8 nitrogen and oxygen atoms in total. The van der Waals surface area contributed by atoms with E-state index in [0.717, 1.165) is 49.9 Å². The topological polar surface area (TPSA) is 101 Å². The lowest BCUT2D eigenvalue weighted by Gasteiger charge is -2.05. The molecular weight excluding hydrogens is 312 g/mol. The monoisotopic (exact) mass is 342 g/mol. The Balaban J connectivity index is 3.48. The van der Waals surface area contributed by atoms with Crippen molar-refractivity contribution in [3.8, 4) is 0 Å². The Kier molecular flexibility index (Phi) is 13.2. The van der Waals surface area contributed by atoms with Crippen molar-refractivity contribution < 1.29 is 19.3 Å². The van der Waals surface area contributed by atoms with Gasteiger partial charge in [-0.1, -0.05) is 37.0 Å². The lowest BCUT2D eigenvalue weighted by atomic mass is 10.2. The molecule has 0 saturated heterocycles. The van der Waals surface area contributed by atoms with Crippen LogP contribution in [-0.2, 0) is 9.68 Å². The molecular formula is C16H30N4O4. The second-order valence-electron chi connectivity index (χ2n) is 5.39. The molecule has 24 heavy (non-hydrogen) atoms. The Labute approximate surface area is 144 Å². The Hall–Kier alpha value is -2.12. The van der Waals surface area contributed by atoms with E-state index >= 15 is 0 Å². The predicted octanol–water partition coefficient (Wildman–Crippen LogP) is 3.57. The molecule has 0 spiro atoms. The van der Waals surface area contributed by atoms with Gasteiger partial charge in [-0.25, -0.2) is 9.59 Å². The first-order valence-electron chi connectivity index (χ1n) is 8.46. The van der Waals surface area contributed by atoms with Crippen LogP contribution >= 0.6 is 0 Å². The van der Waals surface area contributed by atoms with Gasteiger partial charge in [0.05, 0.1) is 11.4 Å². The molecule has 0 aromatic carbocycles. The van der Waals surface area contributed by atoms with E-state index < -0.39 is 12.2 Å². The lowest BCUT2D eigenvalue weighted by molar-refractivity contribution is 0.149. The Morgan fingerprint density at radius 3 is 1.46 bits per heavy atom. The standard InChI is InChI=1S/C16H30N4O4/c1-5-13(3)19-23-15(21)17-11-9-7-8-10-12-18-16(22)24-20-14(4)6-2/h5-12H2,1-4H3,(H,17,21)(H,18,22). The molecule has 0 aromatic heterocycles. The SMILES string of the molecule is CCC(C)=NOC(=O)NCCCCCCNC(=O)ON=C(C)CC. The van der Waals surface area contributed by atoms with Crippen molar-refractivity contribution in [1.82, 2.24) is 10.6 Å². The van der Waals surface area contributed by atoms with Crippen LogP contribution in [-0.4, -0.2) is 36.7 Å². The molecule has 0 aromatic rings. The number of carbonyl (C=O) groups is 2. The predicted molar refractivity (Wildman–Crippen MR) is 94.2 cm³/mol. The minimum absolute atomic E-state index is 0.532. The van der Waals surface area contributed by atoms with E-state index in [1.807, 2.05) is 13.8 Å². The molecule has 138 valence electrons. The van der Waals surface area contributed by atoms with Gasteiger partial charge in [-0.15, -0.1) is 0 Å². The second-order valence-corrected chi connectivity index (χ2v) is 5.39. The number of hydrogen-bond donors (Lipinski definition) is 2. The molecule has 0 aliphatic carbocycles. The smallest absolute Gasteiger partial charge is 0.320 e. The molecule has 0 aliphatic heterocycles. The maximum atomic E-state index is 11.3. The van der Waals surface area contributed by atoms with Crippen LogP contribution < -0.4 is 10.6 Å². The number of rotatable bonds is 11. The summed E-state index contributed by atoms with van der Waals surface area (Å²) in [5, 5.41) is 12.6. The Morgan fingerprint density at radius 1 is 0.750 bits per heavy atom. The molecule has 0 heterocycles. The molecule has 8 heteroatoms. The number of unbranched alkanes of at least 4 members (excludes halogenated alkanes) is 3. The first-order chi connectivity index (χ1) is 11.5. The number of nitrogens with zero attached hydrogens (tertiary/aromatic N) is 2. The highest BCUT2D eigenvalue weighted by molar-refractivity contribution is 5.82. The van der Waals surface area contributed by atoms with E-state index in [1.54, 1.807) is 13.8 Å². The van der Waals surface area contributed by atoms with Gasteiger partial charge in [0.25, 0.3) is 0 Å². The van der Waals surface area contributed by atoms with E-state index in [-0.39, 0.29) is 0 Å². The van der Waals surface area contributed by atoms with Crippen molar-refractivity contribution in [2.75, 3.05) is 13.1 Å². The van der Waals surface area contributed by atoms with Gasteiger partial charge in [0.15, 0.2) is 0 Å². The van der Waals surface area contributed by atoms with Gasteiger partial charge >= 0.3 is 12.2 Å². The van der Waals surface area contributed by atoms with Crippen molar-refractivity contribution in [3.05, 3.63) is 0 Å². The maximum Gasteiger partial charge on any atom is 0.433 e. The Bertz CT molecular complexity index is 396. The van der Waals surface area contributed by atoms with E-state index in [9.17, 15) is 9.59 Å². The van der Waals surface area contributed by atoms with Crippen LogP contribution in [0.1, 0.15) is 66.2 Å². The number of hydrogen-bond acceptors (Lipinski definition) is 6. The number of oxime groups is 2. The van der Waals surface area contributed by atoms with Crippen molar-refractivity contribution in [2.45, 2.75) is 66.2 Å². The summed E-state index contributed by atoms with van der Waals surface area (Å²) in [5.74, 6) is 0. The number of nitrogens with one attached hydrogen (secondary N) is 2.